The average Bonchev–Trinajstić information content (AvgIpc) is 3.37. The number of fused-ring (bicyclic) bond motifs is 1. The number of carbonyl (C=O) groups excluding carboxylic acids is 2. The molecule has 2 saturated heterocycles. The van der Waals surface area contributed by atoms with Crippen molar-refractivity contribution < 1.29 is 24.2 Å². The standard InChI is InChI=1S/C22H25N3O5/c26-19(24-14-6-4-13(5-7-14)21(28)29)17-16-8-9-22(30-16)12-25(20(27)18(17)22)11-15-3-1-2-10-23-15/h1-3,8-10,13-14,16-18H,4-7,11-12H2,(H,24,26)(H,28,29)/t13?,14?,16-,17+,18-,22-/m1/s1. The molecular formula is C22H25N3O5. The van der Waals surface area contributed by atoms with Crippen LogP contribution in [0.4, 0.5) is 0 Å². The number of likely N-dealkylation sites (tertiary alicyclic amines) is 1. The minimum atomic E-state index is -0.766. The number of carboxylic acid groups (broad SMARTS) is 1. The predicted molar refractivity (Wildman–Crippen MR) is 105 cm³/mol. The van der Waals surface area contributed by atoms with Crippen molar-refractivity contribution in [1.29, 1.82) is 0 Å². The molecule has 0 aromatic carbocycles. The number of amides is 2. The minimum Gasteiger partial charge on any atom is -0.481 e. The number of carbonyl (C=O) groups is 3. The van der Waals surface area contributed by atoms with Gasteiger partial charge in [0, 0.05) is 12.2 Å². The van der Waals surface area contributed by atoms with E-state index in [2.05, 4.69) is 10.3 Å². The summed E-state index contributed by atoms with van der Waals surface area (Å²) in [6.07, 6.45) is 7.58. The maximum Gasteiger partial charge on any atom is 0.306 e. The molecule has 8 heteroatoms. The number of hydrogen-bond acceptors (Lipinski definition) is 5. The van der Waals surface area contributed by atoms with E-state index in [9.17, 15) is 14.4 Å². The third-order valence-electron chi connectivity index (χ3n) is 6.98. The maximum absolute atomic E-state index is 13.2. The van der Waals surface area contributed by atoms with Gasteiger partial charge in [-0.3, -0.25) is 19.4 Å². The van der Waals surface area contributed by atoms with Gasteiger partial charge in [0.1, 0.15) is 5.60 Å². The number of nitrogens with zero attached hydrogens (tertiary/aromatic N) is 2. The summed E-state index contributed by atoms with van der Waals surface area (Å²) in [5.74, 6) is -2.39. The number of ether oxygens (including phenoxy) is 1. The Morgan fingerprint density at radius 3 is 2.77 bits per heavy atom. The fourth-order valence-corrected chi connectivity index (χ4v) is 5.48. The van der Waals surface area contributed by atoms with E-state index in [0.29, 0.717) is 38.8 Å². The Morgan fingerprint density at radius 2 is 2.07 bits per heavy atom. The summed E-state index contributed by atoms with van der Waals surface area (Å²) >= 11 is 0. The number of rotatable bonds is 5. The highest BCUT2D eigenvalue weighted by molar-refractivity contribution is 5.93. The van der Waals surface area contributed by atoms with Crippen molar-refractivity contribution in [3.8, 4) is 0 Å². The van der Waals surface area contributed by atoms with Gasteiger partial charge >= 0.3 is 5.97 Å². The molecule has 1 aromatic rings. The van der Waals surface area contributed by atoms with E-state index in [1.807, 2.05) is 30.4 Å². The number of pyridine rings is 1. The van der Waals surface area contributed by atoms with Gasteiger partial charge in [-0.05, 0) is 37.8 Å². The van der Waals surface area contributed by atoms with E-state index in [4.69, 9.17) is 9.84 Å². The van der Waals surface area contributed by atoms with Crippen molar-refractivity contribution in [3.05, 3.63) is 42.2 Å². The van der Waals surface area contributed by atoms with Crippen LogP contribution in [-0.4, -0.2) is 57.1 Å². The van der Waals surface area contributed by atoms with E-state index in [0.717, 1.165) is 5.69 Å². The van der Waals surface area contributed by atoms with E-state index in [-0.39, 0.29) is 29.9 Å². The van der Waals surface area contributed by atoms with Crippen LogP contribution in [0.2, 0.25) is 0 Å². The number of carboxylic acids is 1. The fraction of sp³-hybridized carbons (Fsp3) is 0.545. The fourth-order valence-electron chi connectivity index (χ4n) is 5.48. The number of aliphatic carboxylic acids is 1. The highest BCUT2D eigenvalue weighted by Gasteiger charge is 2.66. The van der Waals surface area contributed by atoms with Gasteiger partial charge < -0.3 is 20.1 Å². The van der Waals surface area contributed by atoms with Gasteiger partial charge in [-0.2, -0.15) is 0 Å². The second-order valence-electron chi connectivity index (χ2n) is 8.81. The summed E-state index contributed by atoms with van der Waals surface area (Å²) in [5, 5.41) is 12.2. The Hall–Kier alpha value is -2.74. The molecule has 0 radical (unpaired) electrons. The van der Waals surface area contributed by atoms with Crippen LogP contribution in [0, 0.1) is 17.8 Å². The highest BCUT2D eigenvalue weighted by atomic mass is 16.5. The molecule has 8 nitrogen and oxygen atoms in total. The molecule has 1 saturated carbocycles. The normalized spacial score (nSPS) is 36.7. The predicted octanol–water partition coefficient (Wildman–Crippen LogP) is 1.12. The van der Waals surface area contributed by atoms with Crippen molar-refractivity contribution in [2.75, 3.05) is 6.54 Å². The Bertz CT molecular complexity index is 895. The van der Waals surface area contributed by atoms with Crippen LogP contribution in [0.1, 0.15) is 31.4 Å². The lowest BCUT2D eigenvalue weighted by Crippen LogP contribution is -2.48. The third-order valence-corrected chi connectivity index (χ3v) is 6.98. The first-order chi connectivity index (χ1) is 14.5. The molecule has 1 aromatic heterocycles. The first-order valence-corrected chi connectivity index (χ1v) is 10.6. The summed E-state index contributed by atoms with van der Waals surface area (Å²) in [6.45, 7) is 0.820. The first kappa shape index (κ1) is 19.2. The lowest BCUT2D eigenvalue weighted by atomic mass is 9.76. The molecule has 158 valence electrons. The van der Waals surface area contributed by atoms with Crippen LogP contribution in [0.15, 0.2) is 36.5 Å². The second-order valence-corrected chi connectivity index (χ2v) is 8.81. The van der Waals surface area contributed by atoms with Crippen LogP contribution in [0.25, 0.3) is 0 Å². The molecule has 5 rings (SSSR count). The summed E-state index contributed by atoms with van der Waals surface area (Å²) in [6, 6.07) is 5.55. The Labute approximate surface area is 174 Å². The van der Waals surface area contributed by atoms with Crippen LogP contribution in [-0.2, 0) is 25.7 Å². The van der Waals surface area contributed by atoms with E-state index < -0.39 is 23.4 Å². The van der Waals surface area contributed by atoms with Crippen LogP contribution >= 0.6 is 0 Å². The van der Waals surface area contributed by atoms with Crippen molar-refractivity contribution >= 4 is 17.8 Å². The van der Waals surface area contributed by atoms with Gasteiger partial charge in [-0.15, -0.1) is 0 Å². The van der Waals surface area contributed by atoms with Gasteiger partial charge in [0.05, 0.1) is 42.6 Å². The number of aromatic nitrogens is 1. The molecule has 4 aliphatic rings. The van der Waals surface area contributed by atoms with Gasteiger partial charge in [-0.1, -0.05) is 18.2 Å². The number of nitrogens with one attached hydrogen (secondary N) is 1. The summed E-state index contributed by atoms with van der Waals surface area (Å²) in [5.41, 5.74) is 0.0661. The molecule has 2 amide bonds. The van der Waals surface area contributed by atoms with Crippen molar-refractivity contribution in [2.24, 2.45) is 17.8 Å². The van der Waals surface area contributed by atoms with Gasteiger partial charge in [-0.25, -0.2) is 0 Å². The SMILES string of the molecule is O=C(O)C1CCC(NC(=O)[C@H]2[C@H]3C=C[C@]4(CN(Cc5ccccn5)C(=O)[C@@H]24)O3)CC1. The van der Waals surface area contributed by atoms with E-state index >= 15 is 0 Å². The summed E-state index contributed by atoms with van der Waals surface area (Å²) in [7, 11) is 0. The monoisotopic (exact) mass is 411 g/mol. The van der Waals surface area contributed by atoms with Crippen LogP contribution < -0.4 is 5.32 Å². The Balaban J connectivity index is 1.28. The smallest absolute Gasteiger partial charge is 0.306 e. The molecule has 3 aliphatic heterocycles. The summed E-state index contributed by atoms with van der Waals surface area (Å²) < 4.78 is 6.16. The lowest BCUT2D eigenvalue weighted by molar-refractivity contribution is -0.143. The third kappa shape index (κ3) is 3.10. The van der Waals surface area contributed by atoms with Gasteiger partial charge in [0.25, 0.3) is 0 Å². The molecule has 2 N–H and O–H groups in total. The van der Waals surface area contributed by atoms with Crippen LogP contribution in [0.5, 0.6) is 0 Å². The quantitative estimate of drug-likeness (QED) is 0.703. The Kier molecular flexibility index (Phi) is 4.61. The van der Waals surface area contributed by atoms with Gasteiger partial charge in [0.15, 0.2) is 0 Å². The lowest BCUT2D eigenvalue weighted by Gasteiger charge is -2.30. The van der Waals surface area contributed by atoms with E-state index in [1.165, 1.54) is 0 Å². The molecule has 2 bridgehead atoms. The molecule has 30 heavy (non-hydrogen) atoms. The molecule has 4 heterocycles. The summed E-state index contributed by atoms with van der Waals surface area (Å²) in [4.78, 5) is 43.6. The largest absolute Gasteiger partial charge is 0.481 e. The van der Waals surface area contributed by atoms with Crippen molar-refractivity contribution in [1.82, 2.24) is 15.2 Å². The molecule has 3 fully saturated rings. The zero-order valence-electron chi connectivity index (χ0n) is 16.6. The zero-order chi connectivity index (χ0) is 20.9. The molecule has 1 aliphatic carbocycles. The minimum absolute atomic E-state index is 0.0479. The number of hydrogen-bond donors (Lipinski definition) is 2. The molecule has 4 atom stereocenters. The Morgan fingerprint density at radius 1 is 1.27 bits per heavy atom. The van der Waals surface area contributed by atoms with Crippen LogP contribution in [0.3, 0.4) is 0 Å². The molecule has 1 spiro atoms. The van der Waals surface area contributed by atoms with Crippen molar-refractivity contribution in [3.63, 3.8) is 0 Å². The van der Waals surface area contributed by atoms with Crippen molar-refractivity contribution in [2.45, 2.75) is 50.0 Å². The average molecular weight is 411 g/mol. The first-order valence-electron chi connectivity index (χ1n) is 10.6. The topological polar surface area (TPSA) is 109 Å². The molecule has 0 unspecified atom stereocenters. The second kappa shape index (κ2) is 7.19. The maximum atomic E-state index is 13.2. The highest BCUT2D eigenvalue weighted by Crippen LogP contribution is 2.52. The van der Waals surface area contributed by atoms with Gasteiger partial charge in [0.2, 0.25) is 11.8 Å². The van der Waals surface area contributed by atoms with E-state index in [1.54, 1.807) is 11.1 Å². The zero-order valence-corrected chi connectivity index (χ0v) is 16.6. The molecular weight excluding hydrogens is 386 g/mol.